The minimum absolute atomic E-state index is 0.0285. The summed E-state index contributed by atoms with van der Waals surface area (Å²) in [4.78, 5) is 15.1. The van der Waals surface area contributed by atoms with Gasteiger partial charge in [0.25, 0.3) is 0 Å². The average Bonchev–Trinajstić information content (AvgIpc) is 3.33. The number of halogens is 1. The lowest BCUT2D eigenvalue weighted by Crippen LogP contribution is -2.40. The van der Waals surface area contributed by atoms with E-state index in [2.05, 4.69) is 10.2 Å². The maximum absolute atomic E-state index is 13.8. The number of nitrogens with one attached hydrogen (secondary N) is 1. The molecule has 0 unspecified atom stereocenters. The number of hydrogen-bond acceptors (Lipinski definition) is 5. The number of aromatic nitrogens is 2. The number of hydrogen-bond donors (Lipinski definition) is 1. The van der Waals surface area contributed by atoms with Crippen LogP contribution in [-0.4, -0.2) is 55.4 Å². The molecule has 8 heteroatoms. The van der Waals surface area contributed by atoms with Crippen molar-refractivity contribution < 1.29 is 23.4 Å². The summed E-state index contributed by atoms with van der Waals surface area (Å²) in [6, 6.07) is 10.1. The number of piperidine rings is 1. The lowest BCUT2D eigenvalue weighted by Gasteiger charge is -2.33. The number of H-pyrrole nitrogens is 1. The van der Waals surface area contributed by atoms with E-state index < -0.39 is 0 Å². The molecule has 1 aliphatic rings. The molecule has 0 radical (unpaired) electrons. The third-order valence-corrected chi connectivity index (χ3v) is 6.07. The molecule has 0 saturated carbocycles. The van der Waals surface area contributed by atoms with Crippen LogP contribution in [0, 0.1) is 5.82 Å². The summed E-state index contributed by atoms with van der Waals surface area (Å²) in [5, 5.41) is 7.29. The highest BCUT2D eigenvalue weighted by Crippen LogP contribution is 2.39. The molecule has 3 aromatic rings. The SMILES string of the molecule is COc1cc(CC(=O)N2CCC[C@@H](c3[nH]ncc3-c3cccc(F)c3)C2)cc(OC)c1OC. The largest absolute Gasteiger partial charge is 0.493 e. The van der Waals surface area contributed by atoms with E-state index in [1.807, 2.05) is 11.0 Å². The van der Waals surface area contributed by atoms with Crippen molar-refractivity contribution in [2.24, 2.45) is 0 Å². The Morgan fingerprint density at radius 1 is 1.15 bits per heavy atom. The van der Waals surface area contributed by atoms with Crippen molar-refractivity contribution in [1.29, 1.82) is 0 Å². The van der Waals surface area contributed by atoms with Gasteiger partial charge >= 0.3 is 0 Å². The zero-order valence-electron chi connectivity index (χ0n) is 19.1. The summed E-state index contributed by atoms with van der Waals surface area (Å²) >= 11 is 0. The van der Waals surface area contributed by atoms with Gasteiger partial charge in [0.15, 0.2) is 11.5 Å². The summed E-state index contributed by atoms with van der Waals surface area (Å²) in [5.74, 6) is 1.38. The standard InChI is InChI=1S/C25H28FN3O4/c1-31-21-10-16(11-22(32-2)25(21)33-3)12-23(30)29-9-5-7-18(15-29)24-20(14-27-28-24)17-6-4-8-19(26)13-17/h4,6,8,10-11,13-14,18H,5,7,9,12,15H2,1-3H3,(H,27,28)/t18-/m1/s1. The Hall–Kier alpha value is -3.55. The third kappa shape index (κ3) is 4.79. The molecule has 1 aliphatic heterocycles. The second-order valence-corrected chi connectivity index (χ2v) is 8.10. The number of likely N-dealkylation sites (tertiary alicyclic amines) is 1. The first-order chi connectivity index (χ1) is 16.0. The summed E-state index contributed by atoms with van der Waals surface area (Å²) in [5.41, 5.74) is 3.38. The molecule has 2 heterocycles. The lowest BCUT2D eigenvalue weighted by atomic mass is 9.90. The first-order valence-corrected chi connectivity index (χ1v) is 10.9. The normalized spacial score (nSPS) is 15.9. The fraction of sp³-hybridized carbons (Fsp3) is 0.360. The Morgan fingerprint density at radius 2 is 1.91 bits per heavy atom. The molecule has 1 atom stereocenters. The first kappa shape index (κ1) is 22.6. The smallest absolute Gasteiger partial charge is 0.227 e. The Balaban J connectivity index is 1.51. The Kier molecular flexibility index (Phi) is 6.82. The van der Waals surface area contributed by atoms with Crippen LogP contribution in [-0.2, 0) is 11.2 Å². The van der Waals surface area contributed by atoms with E-state index in [0.717, 1.165) is 35.2 Å². The fourth-order valence-electron chi connectivity index (χ4n) is 4.46. The van der Waals surface area contributed by atoms with Crippen LogP contribution in [0.1, 0.15) is 30.0 Å². The number of rotatable bonds is 7. The first-order valence-electron chi connectivity index (χ1n) is 10.9. The van der Waals surface area contributed by atoms with Crippen molar-refractivity contribution in [2.45, 2.75) is 25.2 Å². The van der Waals surface area contributed by atoms with Gasteiger partial charge in [-0.25, -0.2) is 4.39 Å². The maximum Gasteiger partial charge on any atom is 0.227 e. The van der Waals surface area contributed by atoms with Gasteiger partial charge in [-0.15, -0.1) is 0 Å². The zero-order valence-corrected chi connectivity index (χ0v) is 19.1. The highest BCUT2D eigenvalue weighted by molar-refractivity contribution is 5.79. The van der Waals surface area contributed by atoms with Crippen molar-refractivity contribution in [3.63, 3.8) is 0 Å². The molecule has 33 heavy (non-hydrogen) atoms. The van der Waals surface area contributed by atoms with E-state index in [1.165, 1.54) is 12.1 Å². The molecule has 1 fully saturated rings. The summed E-state index contributed by atoms with van der Waals surface area (Å²) in [6.45, 7) is 1.27. The van der Waals surface area contributed by atoms with Crippen LogP contribution in [0.4, 0.5) is 4.39 Å². The molecule has 7 nitrogen and oxygen atoms in total. The summed E-state index contributed by atoms with van der Waals surface area (Å²) < 4.78 is 29.9. The molecule has 0 bridgehead atoms. The molecular weight excluding hydrogens is 425 g/mol. The lowest BCUT2D eigenvalue weighted by molar-refractivity contribution is -0.131. The predicted octanol–water partition coefficient (Wildman–Crippen LogP) is 4.19. The third-order valence-electron chi connectivity index (χ3n) is 6.07. The molecular formula is C25H28FN3O4. The van der Waals surface area contributed by atoms with Gasteiger partial charge in [-0.3, -0.25) is 9.89 Å². The number of benzene rings is 2. The molecule has 1 saturated heterocycles. The van der Waals surface area contributed by atoms with Crippen molar-refractivity contribution in [2.75, 3.05) is 34.4 Å². The fourth-order valence-corrected chi connectivity index (χ4v) is 4.46. The zero-order chi connectivity index (χ0) is 23.4. The second-order valence-electron chi connectivity index (χ2n) is 8.10. The molecule has 1 amide bonds. The predicted molar refractivity (Wildman–Crippen MR) is 122 cm³/mol. The van der Waals surface area contributed by atoms with Crippen LogP contribution in [0.2, 0.25) is 0 Å². The van der Waals surface area contributed by atoms with E-state index in [9.17, 15) is 9.18 Å². The molecule has 0 aliphatic carbocycles. The van der Waals surface area contributed by atoms with E-state index in [4.69, 9.17) is 14.2 Å². The van der Waals surface area contributed by atoms with Gasteiger partial charge in [-0.2, -0.15) is 5.10 Å². The summed E-state index contributed by atoms with van der Waals surface area (Å²) in [7, 11) is 4.66. The number of methoxy groups -OCH3 is 3. The number of carbonyl (C=O) groups is 1. The number of carbonyl (C=O) groups excluding carboxylic acids is 1. The van der Waals surface area contributed by atoms with Crippen LogP contribution in [0.5, 0.6) is 17.2 Å². The monoisotopic (exact) mass is 453 g/mol. The minimum Gasteiger partial charge on any atom is -0.493 e. The van der Waals surface area contributed by atoms with Crippen molar-refractivity contribution in [3.8, 4) is 28.4 Å². The van der Waals surface area contributed by atoms with Gasteiger partial charge in [0, 0.05) is 30.3 Å². The highest BCUT2D eigenvalue weighted by Gasteiger charge is 2.28. The van der Waals surface area contributed by atoms with Gasteiger partial charge in [-0.05, 0) is 48.2 Å². The molecule has 1 N–H and O–H groups in total. The van der Waals surface area contributed by atoms with Crippen LogP contribution in [0.3, 0.4) is 0 Å². The number of amides is 1. The second kappa shape index (κ2) is 9.94. The number of aromatic amines is 1. The molecule has 0 spiro atoms. The minimum atomic E-state index is -0.287. The number of ether oxygens (including phenoxy) is 3. The Bertz CT molecular complexity index is 1110. The van der Waals surface area contributed by atoms with Gasteiger partial charge in [0.2, 0.25) is 11.7 Å². The van der Waals surface area contributed by atoms with E-state index in [0.29, 0.717) is 30.3 Å². The van der Waals surface area contributed by atoms with Gasteiger partial charge in [0.1, 0.15) is 5.82 Å². The highest BCUT2D eigenvalue weighted by atomic mass is 19.1. The van der Waals surface area contributed by atoms with Gasteiger partial charge in [0.05, 0.1) is 33.9 Å². The van der Waals surface area contributed by atoms with Crippen molar-refractivity contribution >= 4 is 5.91 Å². The Labute approximate surface area is 192 Å². The van der Waals surface area contributed by atoms with Gasteiger partial charge < -0.3 is 19.1 Å². The topological polar surface area (TPSA) is 76.7 Å². The van der Waals surface area contributed by atoms with Crippen LogP contribution in [0.15, 0.2) is 42.6 Å². The number of nitrogens with zero attached hydrogens (tertiary/aromatic N) is 2. The Morgan fingerprint density at radius 3 is 2.58 bits per heavy atom. The van der Waals surface area contributed by atoms with Crippen molar-refractivity contribution in [3.05, 3.63) is 59.7 Å². The maximum atomic E-state index is 13.8. The van der Waals surface area contributed by atoms with Crippen molar-refractivity contribution in [1.82, 2.24) is 15.1 Å². The van der Waals surface area contributed by atoms with E-state index in [-0.39, 0.29) is 24.1 Å². The molecule has 174 valence electrons. The van der Waals surface area contributed by atoms with Crippen LogP contribution >= 0.6 is 0 Å². The van der Waals surface area contributed by atoms with Crippen LogP contribution in [0.25, 0.3) is 11.1 Å². The summed E-state index contributed by atoms with van der Waals surface area (Å²) in [6.07, 6.45) is 3.76. The van der Waals surface area contributed by atoms with Crippen LogP contribution < -0.4 is 14.2 Å². The molecule has 4 rings (SSSR count). The van der Waals surface area contributed by atoms with E-state index in [1.54, 1.807) is 45.7 Å². The van der Waals surface area contributed by atoms with Gasteiger partial charge in [-0.1, -0.05) is 12.1 Å². The van der Waals surface area contributed by atoms with E-state index >= 15 is 0 Å². The molecule has 2 aromatic carbocycles. The molecule has 1 aromatic heterocycles. The average molecular weight is 454 g/mol. The quantitative estimate of drug-likeness (QED) is 0.581.